The largest absolute Gasteiger partial charge is 0.330 e. The molecule has 0 fully saturated rings. The Morgan fingerprint density at radius 3 is 2.69 bits per heavy atom. The minimum atomic E-state index is -0.291. The molecule has 0 spiro atoms. The highest BCUT2D eigenvalue weighted by molar-refractivity contribution is 6.22. The molecule has 0 saturated heterocycles. The fourth-order valence-corrected chi connectivity index (χ4v) is 1.96. The van der Waals surface area contributed by atoms with Crippen LogP contribution in [0, 0.1) is 0 Å². The summed E-state index contributed by atoms with van der Waals surface area (Å²) < 4.78 is 0. The smallest absolute Gasteiger partial charge is 0.259 e. The molecule has 1 aliphatic rings. The predicted molar refractivity (Wildman–Crippen MR) is 60.2 cm³/mol. The van der Waals surface area contributed by atoms with Gasteiger partial charge in [-0.2, -0.15) is 0 Å². The molecule has 2 rings (SSSR count). The van der Waals surface area contributed by atoms with E-state index in [-0.39, 0.29) is 11.8 Å². The molecule has 16 heavy (non-hydrogen) atoms. The summed E-state index contributed by atoms with van der Waals surface area (Å²) in [6.07, 6.45) is 2.66. The zero-order valence-corrected chi connectivity index (χ0v) is 8.95. The van der Waals surface area contributed by atoms with Crippen molar-refractivity contribution in [1.82, 2.24) is 5.32 Å². The summed E-state index contributed by atoms with van der Waals surface area (Å²) in [6.45, 7) is 0.653. The summed E-state index contributed by atoms with van der Waals surface area (Å²) in [6, 6.07) is 5.39. The first-order valence-electron chi connectivity index (χ1n) is 5.41. The highest BCUT2D eigenvalue weighted by Crippen LogP contribution is 2.21. The van der Waals surface area contributed by atoms with Gasteiger partial charge in [0, 0.05) is 0 Å². The van der Waals surface area contributed by atoms with Crippen molar-refractivity contribution in [2.24, 2.45) is 5.73 Å². The second-order valence-electron chi connectivity index (χ2n) is 3.87. The maximum absolute atomic E-state index is 11.6. The Balaban J connectivity index is 2.27. The van der Waals surface area contributed by atoms with E-state index in [2.05, 4.69) is 5.32 Å². The molecule has 4 nitrogen and oxygen atoms in total. The minimum absolute atomic E-state index is 0.275. The summed E-state index contributed by atoms with van der Waals surface area (Å²) in [4.78, 5) is 23.0. The zero-order valence-electron chi connectivity index (χ0n) is 8.95. The number of rotatable bonds is 4. The van der Waals surface area contributed by atoms with Crippen molar-refractivity contribution in [3.8, 4) is 0 Å². The molecule has 0 aromatic heterocycles. The van der Waals surface area contributed by atoms with Crippen LogP contribution in [-0.4, -0.2) is 18.4 Å². The SMILES string of the molecule is NCCCCc1cccc2c1C(=O)NC2=O. The normalized spacial score (nSPS) is 13.8. The van der Waals surface area contributed by atoms with Crippen molar-refractivity contribution in [1.29, 1.82) is 0 Å². The first-order valence-corrected chi connectivity index (χ1v) is 5.41. The van der Waals surface area contributed by atoms with Crippen LogP contribution in [-0.2, 0) is 6.42 Å². The molecule has 1 aromatic carbocycles. The van der Waals surface area contributed by atoms with Gasteiger partial charge in [0.2, 0.25) is 0 Å². The quantitative estimate of drug-likeness (QED) is 0.581. The Morgan fingerprint density at radius 2 is 1.94 bits per heavy atom. The van der Waals surface area contributed by atoms with Gasteiger partial charge >= 0.3 is 0 Å². The van der Waals surface area contributed by atoms with Crippen LogP contribution in [0.2, 0.25) is 0 Å². The number of fused-ring (bicyclic) bond motifs is 1. The second kappa shape index (κ2) is 4.45. The Bertz CT molecular complexity index is 441. The number of nitrogens with two attached hydrogens (primary N) is 1. The van der Waals surface area contributed by atoms with E-state index >= 15 is 0 Å². The van der Waals surface area contributed by atoms with Gasteiger partial charge in [0.25, 0.3) is 11.8 Å². The van der Waals surface area contributed by atoms with E-state index in [1.54, 1.807) is 6.07 Å². The molecule has 0 atom stereocenters. The van der Waals surface area contributed by atoms with E-state index in [0.29, 0.717) is 17.7 Å². The molecule has 84 valence electrons. The molecule has 3 N–H and O–H groups in total. The predicted octanol–water partition coefficient (Wildman–Crippen LogP) is 0.852. The highest BCUT2D eigenvalue weighted by atomic mass is 16.2. The standard InChI is InChI=1S/C12H14N2O2/c13-7-2-1-4-8-5-3-6-9-10(8)12(16)14-11(9)15/h3,5-6H,1-2,4,7,13H2,(H,14,15,16). The molecular formula is C12H14N2O2. The van der Waals surface area contributed by atoms with Crippen molar-refractivity contribution >= 4 is 11.8 Å². The Morgan fingerprint density at radius 1 is 1.12 bits per heavy atom. The van der Waals surface area contributed by atoms with E-state index < -0.39 is 0 Å². The van der Waals surface area contributed by atoms with E-state index in [4.69, 9.17) is 5.73 Å². The van der Waals surface area contributed by atoms with Gasteiger partial charge in [-0.05, 0) is 37.4 Å². The van der Waals surface area contributed by atoms with Gasteiger partial charge in [0.05, 0.1) is 11.1 Å². The van der Waals surface area contributed by atoms with Crippen molar-refractivity contribution in [2.75, 3.05) is 6.54 Å². The van der Waals surface area contributed by atoms with Crippen molar-refractivity contribution in [3.05, 3.63) is 34.9 Å². The maximum atomic E-state index is 11.6. The lowest BCUT2D eigenvalue weighted by Gasteiger charge is -2.04. The van der Waals surface area contributed by atoms with Crippen LogP contribution in [0.25, 0.3) is 0 Å². The molecule has 1 aliphatic heterocycles. The second-order valence-corrected chi connectivity index (χ2v) is 3.87. The lowest BCUT2D eigenvalue weighted by molar-refractivity contribution is 0.0879. The zero-order chi connectivity index (χ0) is 11.5. The average Bonchev–Trinajstić information content (AvgIpc) is 2.56. The van der Waals surface area contributed by atoms with Gasteiger partial charge < -0.3 is 5.73 Å². The van der Waals surface area contributed by atoms with Crippen LogP contribution < -0.4 is 11.1 Å². The van der Waals surface area contributed by atoms with E-state index in [1.807, 2.05) is 12.1 Å². The lowest BCUT2D eigenvalue weighted by Crippen LogP contribution is -2.20. The van der Waals surface area contributed by atoms with Gasteiger partial charge in [-0.25, -0.2) is 0 Å². The third-order valence-electron chi connectivity index (χ3n) is 2.75. The highest BCUT2D eigenvalue weighted by Gasteiger charge is 2.28. The number of unbranched alkanes of at least 4 members (excludes halogenated alkanes) is 1. The monoisotopic (exact) mass is 218 g/mol. The van der Waals surface area contributed by atoms with Gasteiger partial charge in [-0.1, -0.05) is 12.1 Å². The van der Waals surface area contributed by atoms with Crippen molar-refractivity contribution in [2.45, 2.75) is 19.3 Å². The third kappa shape index (κ3) is 1.84. The molecule has 1 aromatic rings. The van der Waals surface area contributed by atoms with E-state index in [1.165, 1.54) is 0 Å². The molecule has 0 unspecified atom stereocenters. The summed E-state index contributed by atoms with van der Waals surface area (Å²) in [7, 11) is 0. The molecule has 0 aliphatic carbocycles. The van der Waals surface area contributed by atoms with Gasteiger partial charge in [-0.3, -0.25) is 14.9 Å². The van der Waals surface area contributed by atoms with Crippen LogP contribution in [0.1, 0.15) is 39.1 Å². The number of nitrogens with one attached hydrogen (secondary N) is 1. The van der Waals surface area contributed by atoms with Crippen LogP contribution in [0.3, 0.4) is 0 Å². The number of carbonyl (C=O) groups is 2. The number of carbonyl (C=O) groups excluding carboxylic acids is 2. The number of hydrogen-bond acceptors (Lipinski definition) is 3. The number of imide groups is 1. The lowest BCUT2D eigenvalue weighted by atomic mass is 9.98. The topological polar surface area (TPSA) is 72.2 Å². The molecular weight excluding hydrogens is 204 g/mol. The Labute approximate surface area is 93.8 Å². The van der Waals surface area contributed by atoms with E-state index in [0.717, 1.165) is 24.8 Å². The third-order valence-corrected chi connectivity index (χ3v) is 2.75. The summed E-state index contributed by atoms with van der Waals surface area (Å²) in [5.41, 5.74) is 7.40. The molecule has 0 radical (unpaired) electrons. The maximum Gasteiger partial charge on any atom is 0.259 e. The molecule has 2 amide bonds. The minimum Gasteiger partial charge on any atom is -0.330 e. The summed E-state index contributed by atoms with van der Waals surface area (Å²) in [5.74, 6) is -0.566. The molecule has 0 bridgehead atoms. The average molecular weight is 218 g/mol. The van der Waals surface area contributed by atoms with Crippen molar-refractivity contribution in [3.63, 3.8) is 0 Å². The number of hydrogen-bond donors (Lipinski definition) is 2. The Hall–Kier alpha value is -1.68. The van der Waals surface area contributed by atoms with Crippen molar-refractivity contribution < 1.29 is 9.59 Å². The molecule has 4 heteroatoms. The molecule has 1 heterocycles. The fourth-order valence-electron chi connectivity index (χ4n) is 1.96. The van der Waals surface area contributed by atoms with E-state index in [9.17, 15) is 9.59 Å². The summed E-state index contributed by atoms with van der Waals surface area (Å²) >= 11 is 0. The van der Waals surface area contributed by atoms with Crippen LogP contribution in [0.4, 0.5) is 0 Å². The number of benzene rings is 1. The van der Waals surface area contributed by atoms with Crippen LogP contribution in [0.15, 0.2) is 18.2 Å². The van der Waals surface area contributed by atoms with Gasteiger partial charge in [-0.15, -0.1) is 0 Å². The van der Waals surface area contributed by atoms with Gasteiger partial charge in [0.1, 0.15) is 0 Å². The fraction of sp³-hybridized carbons (Fsp3) is 0.333. The number of aryl methyl sites for hydroxylation is 1. The summed E-state index contributed by atoms with van der Waals surface area (Å²) in [5, 5.41) is 2.31. The van der Waals surface area contributed by atoms with Gasteiger partial charge in [0.15, 0.2) is 0 Å². The number of amides is 2. The van der Waals surface area contributed by atoms with Crippen LogP contribution >= 0.6 is 0 Å². The molecule has 0 saturated carbocycles. The first kappa shape index (κ1) is 10.8. The first-order chi connectivity index (χ1) is 7.74. The van der Waals surface area contributed by atoms with Crippen LogP contribution in [0.5, 0.6) is 0 Å². The Kier molecular flexibility index (Phi) is 3.01.